The summed E-state index contributed by atoms with van der Waals surface area (Å²) in [4.78, 5) is 10.8. The fraction of sp³-hybridized carbons (Fsp3) is 0.500. The minimum atomic E-state index is 0.0592. The molecular formula is C18H24O. The van der Waals surface area contributed by atoms with Gasteiger partial charge in [-0.25, -0.2) is 0 Å². The van der Waals surface area contributed by atoms with Gasteiger partial charge in [0, 0.05) is 5.57 Å². The van der Waals surface area contributed by atoms with E-state index in [4.69, 9.17) is 0 Å². The summed E-state index contributed by atoms with van der Waals surface area (Å²) in [7, 11) is 0. The first kappa shape index (κ1) is 15.5. The maximum Gasteiger partial charge on any atom is 0.152 e. The molecule has 0 amide bonds. The molecule has 1 heteroatoms. The molecule has 0 aliphatic heterocycles. The van der Waals surface area contributed by atoms with Crippen LogP contribution in [-0.2, 0) is 4.79 Å². The number of carbonyl (C=O) groups is 1. The molecule has 0 spiro atoms. The van der Waals surface area contributed by atoms with Gasteiger partial charge in [0.15, 0.2) is 5.78 Å². The fourth-order valence-corrected chi connectivity index (χ4v) is 2.43. The average Bonchev–Trinajstić information content (AvgIpc) is 2.26. The van der Waals surface area contributed by atoms with E-state index in [9.17, 15) is 4.79 Å². The Labute approximate surface area is 117 Å². The van der Waals surface area contributed by atoms with E-state index in [1.807, 2.05) is 13.0 Å². The van der Waals surface area contributed by atoms with Crippen molar-refractivity contribution in [2.75, 3.05) is 0 Å². The topological polar surface area (TPSA) is 17.1 Å². The third-order valence-electron chi connectivity index (χ3n) is 3.52. The van der Waals surface area contributed by atoms with Gasteiger partial charge in [0.05, 0.1) is 0 Å². The molecule has 0 atom stereocenters. The van der Waals surface area contributed by atoms with Crippen LogP contribution in [0.5, 0.6) is 0 Å². The van der Waals surface area contributed by atoms with Crippen LogP contribution in [0.3, 0.4) is 0 Å². The standard InChI is InChI=1S/C18H24O/c1-14(8-6-10-16(3)19)11-12-17-15(2)9-7-13-18(17,4)5/h6,8,10H,7,9,13H2,1-5H3. The van der Waals surface area contributed by atoms with Gasteiger partial charge in [-0.15, -0.1) is 0 Å². The minimum absolute atomic E-state index is 0.0592. The molecular weight excluding hydrogens is 232 g/mol. The van der Waals surface area contributed by atoms with Crippen LogP contribution in [0.4, 0.5) is 0 Å². The molecule has 1 aliphatic rings. The summed E-state index contributed by atoms with van der Waals surface area (Å²) in [6.07, 6.45) is 8.85. The minimum Gasteiger partial charge on any atom is -0.295 e. The third kappa shape index (κ3) is 4.91. The van der Waals surface area contributed by atoms with Crippen molar-refractivity contribution in [3.8, 4) is 11.8 Å². The highest BCUT2D eigenvalue weighted by atomic mass is 16.1. The van der Waals surface area contributed by atoms with Crippen LogP contribution in [0.2, 0.25) is 0 Å². The molecule has 0 aromatic heterocycles. The summed E-state index contributed by atoms with van der Waals surface area (Å²) in [5, 5.41) is 0. The van der Waals surface area contributed by atoms with E-state index < -0.39 is 0 Å². The first-order chi connectivity index (χ1) is 8.83. The molecule has 0 unspecified atom stereocenters. The van der Waals surface area contributed by atoms with Crippen molar-refractivity contribution in [3.63, 3.8) is 0 Å². The molecule has 0 fully saturated rings. The second-order valence-corrected chi connectivity index (χ2v) is 5.96. The molecule has 0 saturated carbocycles. The molecule has 0 saturated heterocycles. The monoisotopic (exact) mass is 256 g/mol. The number of allylic oxidation sites excluding steroid dienone is 6. The highest BCUT2D eigenvalue weighted by molar-refractivity contribution is 5.87. The maximum absolute atomic E-state index is 10.8. The molecule has 1 aliphatic carbocycles. The number of ketones is 1. The van der Waals surface area contributed by atoms with Gasteiger partial charge >= 0.3 is 0 Å². The molecule has 0 bridgehead atoms. The van der Waals surface area contributed by atoms with Gasteiger partial charge in [-0.1, -0.05) is 43.4 Å². The van der Waals surface area contributed by atoms with Gasteiger partial charge in [-0.2, -0.15) is 0 Å². The molecule has 0 aromatic rings. The Morgan fingerprint density at radius 3 is 2.58 bits per heavy atom. The van der Waals surface area contributed by atoms with Crippen molar-refractivity contribution in [2.45, 2.75) is 53.9 Å². The van der Waals surface area contributed by atoms with E-state index in [-0.39, 0.29) is 11.2 Å². The zero-order valence-electron chi connectivity index (χ0n) is 12.8. The van der Waals surface area contributed by atoms with Crippen molar-refractivity contribution in [2.24, 2.45) is 5.41 Å². The average molecular weight is 256 g/mol. The normalized spacial score (nSPS) is 19.3. The molecule has 0 aromatic carbocycles. The Kier molecular flexibility index (Phi) is 5.36. The quantitative estimate of drug-likeness (QED) is 0.400. The van der Waals surface area contributed by atoms with Crippen LogP contribution >= 0.6 is 0 Å². The number of rotatable bonds is 2. The van der Waals surface area contributed by atoms with Crippen LogP contribution in [0.1, 0.15) is 53.9 Å². The number of hydrogen-bond acceptors (Lipinski definition) is 1. The second-order valence-electron chi connectivity index (χ2n) is 5.96. The molecule has 1 rings (SSSR count). The summed E-state index contributed by atoms with van der Waals surface area (Å²) in [6.45, 7) is 10.3. The summed E-state index contributed by atoms with van der Waals surface area (Å²) >= 11 is 0. The fourth-order valence-electron chi connectivity index (χ4n) is 2.43. The Bertz CT molecular complexity index is 502. The highest BCUT2D eigenvalue weighted by Gasteiger charge is 2.27. The van der Waals surface area contributed by atoms with Crippen molar-refractivity contribution in [1.82, 2.24) is 0 Å². The van der Waals surface area contributed by atoms with E-state index in [0.29, 0.717) is 0 Å². The summed E-state index contributed by atoms with van der Waals surface area (Å²) in [6, 6.07) is 0. The van der Waals surface area contributed by atoms with E-state index in [1.165, 1.54) is 30.4 Å². The molecule has 19 heavy (non-hydrogen) atoms. The van der Waals surface area contributed by atoms with Gasteiger partial charge in [0.1, 0.15) is 0 Å². The smallest absolute Gasteiger partial charge is 0.152 e. The maximum atomic E-state index is 10.8. The summed E-state index contributed by atoms with van der Waals surface area (Å²) < 4.78 is 0. The molecule has 0 N–H and O–H groups in total. The van der Waals surface area contributed by atoms with E-state index >= 15 is 0 Å². The van der Waals surface area contributed by atoms with Gasteiger partial charge in [-0.05, 0) is 57.1 Å². The lowest BCUT2D eigenvalue weighted by Gasteiger charge is -2.31. The van der Waals surface area contributed by atoms with Crippen molar-refractivity contribution in [1.29, 1.82) is 0 Å². The molecule has 0 radical (unpaired) electrons. The van der Waals surface area contributed by atoms with Crippen LogP contribution in [0.25, 0.3) is 0 Å². The van der Waals surface area contributed by atoms with Crippen LogP contribution in [0, 0.1) is 17.3 Å². The van der Waals surface area contributed by atoms with Gasteiger partial charge < -0.3 is 0 Å². The van der Waals surface area contributed by atoms with Crippen LogP contribution in [-0.4, -0.2) is 5.78 Å². The van der Waals surface area contributed by atoms with Crippen molar-refractivity contribution < 1.29 is 4.79 Å². The molecule has 1 nitrogen and oxygen atoms in total. The van der Waals surface area contributed by atoms with Crippen LogP contribution < -0.4 is 0 Å². The number of carbonyl (C=O) groups excluding carboxylic acids is 1. The highest BCUT2D eigenvalue weighted by Crippen LogP contribution is 2.39. The second kappa shape index (κ2) is 6.57. The first-order valence-corrected chi connectivity index (χ1v) is 6.91. The predicted molar refractivity (Wildman–Crippen MR) is 81.7 cm³/mol. The summed E-state index contributed by atoms with van der Waals surface area (Å²) in [5.41, 5.74) is 3.90. The number of hydrogen-bond donors (Lipinski definition) is 0. The lowest BCUT2D eigenvalue weighted by Crippen LogP contribution is -2.19. The van der Waals surface area contributed by atoms with Crippen molar-refractivity contribution >= 4 is 5.78 Å². The van der Waals surface area contributed by atoms with Gasteiger partial charge in [-0.3, -0.25) is 4.79 Å². The Morgan fingerprint density at radius 2 is 2.00 bits per heavy atom. The SMILES string of the molecule is CC(=O)C=CC=C(C)C#CC1=C(C)CCCC1(C)C. The van der Waals surface area contributed by atoms with Gasteiger partial charge in [0.25, 0.3) is 0 Å². The Morgan fingerprint density at radius 1 is 1.32 bits per heavy atom. The molecule has 0 heterocycles. The Balaban J connectivity index is 2.90. The Hall–Kier alpha value is -1.55. The lowest BCUT2D eigenvalue weighted by molar-refractivity contribution is -0.112. The van der Waals surface area contributed by atoms with E-state index in [1.54, 1.807) is 19.1 Å². The largest absolute Gasteiger partial charge is 0.295 e. The van der Waals surface area contributed by atoms with Crippen LogP contribution in [0.15, 0.2) is 34.9 Å². The molecule has 102 valence electrons. The first-order valence-electron chi connectivity index (χ1n) is 6.91. The predicted octanol–water partition coefficient (Wildman–Crippen LogP) is 4.61. The van der Waals surface area contributed by atoms with E-state index in [0.717, 1.165) is 5.57 Å². The van der Waals surface area contributed by atoms with E-state index in [2.05, 4.69) is 32.6 Å². The van der Waals surface area contributed by atoms with Crippen molar-refractivity contribution in [3.05, 3.63) is 34.9 Å². The van der Waals surface area contributed by atoms with Gasteiger partial charge in [0.2, 0.25) is 0 Å². The zero-order valence-corrected chi connectivity index (χ0v) is 12.8. The third-order valence-corrected chi connectivity index (χ3v) is 3.52. The lowest BCUT2D eigenvalue weighted by atomic mass is 9.73. The zero-order chi connectivity index (χ0) is 14.5. The summed E-state index contributed by atoms with van der Waals surface area (Å²) in [5.74, 6) is 6.60.